The number of carbonyl (C=O) groups excluding carboxylic acids is 1. The number of hydrogen-bond donors (Lipinski definition) is 3. The summed E-state index contributed by atoms with van der Waals surface area (Å²) in [6.07, 6.45) is 1.07. The molecule has 0 spiro atoms. The van der Waals surface area contributed by atoms with Crippen molar-refractivity contribution in [3.63, 3.8) is 0 Å². The number of rotatable bonds is 7. The van der Waals surface area contributed by atoms with Gasteiger partial charge in [0.25, 0.3) is 11.6 Å². The number of carbonyl (C=O) groups is 1. The number of halogens is 2. The van der Waals surface area contributed by atoms with E-state index >= 15 is 0 Å². The summed E-state index contributed by atoms with van der Waals surface area (Å²) in [5, 5.41) is 25.2. The minimum absolute atomic E-state index is 0.0893. The van der Waals surface area contributed by atoms with Crippen molar-refractivity contribution in [2.75, 3.05) is 10.7 Å². The Morgan fingerprint density at radius 1 is 1.00 bits per heavy atom. The lowest BCUT2D eigenvalue weighted by molar-refractivity contribution is -0.384. The second-order valence-corrected chi connectivity index (χ2v) is 7.13. The molecule has 0 aliphatic rings. The lowest BCUT2D eigenvalue weighted by atomic mass is 10.2. The fraction of sp³-hybridized carbons (Fsp3) is 0. The van der Waals surface area contributed by atoms with Crippen molar-refractivity contribution in [2.24, 2.45) is 0 Å². The summed E-state index contributed by atoms with van der Waals surface area (Å²) in [6.45, 7) is 0. The highest BCUT2D eigenvalue weighted by Gasteiger charge is 2.24. The van der Waals surface area contributed by atoms with E-state index in [2.05, 4.69) is 42.1 Å². The van der Waals surface area contributed by atoms with E-state index in [-0.39, 0.29) is 22.2 Å². The minimum atomic E-state index is -0.796. The van der Waals surface area contributed by atoms with Crippen molar-refractivity contribution < 1.29 is 14.6 Å². The topological polar surface area (TPSA) is 165 Å². The van der Waals surface area contributed by atoms with Gasteiger partial charge >= 0.3 is 5.69 Å². The quantitative estimate of drug-likeness (QED) is 0.313. The highest BCUT2D eigenvalue weighted by Crippen LogP contribution is 2.31. The number of aromatic nitrogens is 2. The number of nitrogens with zero attached hydrogens (tertiary/aromatic N) is 4. The maximum atomic E-state index is 12.3. The normalized spacial score (nSPS) is 10.3. The van der Waals surface area contributed by atoms with Crippen molar-refractivity contribution in [3.05, 3.63) is 84.1 Å². The molecule has 3 aromatic rings. The Hall–Kier alpha value is -3.84. The number of hydrazine groups is 1. The smallest absolute Gasteiger partial charge is 0.334 e. The predicted octanol–water partition coefficient (Wildman–Crippen LogP) is 4.21. The highest BCUT2D eigenvalue weighted by atomic mass is 79.9. The number of nitro groups is 2. The maximum Gasteiger partial charge on any atom is 0.355 e. The number of nitro benzene ring substituents is 1. The largest absolute Gasteiger partial charge is 0.355 e. The third kappa shape index (κ3) is 5.21. The van der Waals surface area contributed by atoms with Gasteiger partial charge in [0.15, 0.2) is 0 Å². The van der Waals surface area contributed by atoms with Crippen LogP contribution in [0.1, 0.15) is 10.4 Å². The summed E-state index contributed by atoms with van der Waals surface area (Å²) in [5.41, 5.74) is 4.03. The van der Waals surface area contributed by atoms with Gasteiger partial charge in [0.05, 0.1) is 9.85 Å². The Labute approximate surface area is 187 Å². The van der Waals surface area contributed by atoms with Gasteiger partial charge in [-0.1, -0.05) is 27.5 Å². The molecule has 2 aromatic carbocycles. The number of hydrogen-bond acceptors (Lipinski definition) is 9. The van der Waals surface area contributed by atoms with Crippen LogP contribution in [0.15, 0.2) is 53.3 Å². The molecule has 0 radical (unpaired) electrons. The summed E-state index contributed by atoms with van der Waals surface area (Å²) >= 11 is 9.02. The molecule has 0 bridgehead atoms. The van der Waals surface area contributed by atoms with Gasteiger partial charge in [0.2, 0.25) is 11.6 Å². The Morgan fingerprint density at radius 3 is 2.32 bits per heavy atom. The van der Waals surface area contributed by atoms with E-state index in [1.807, 2.05) is 0 Å². The van der Waals surface area contributed by atoms with Crippen molar-refractivity contribution >= 4 is 62.1 Å². The molecule has 12 nitrogen and oxygen atoms in total. The summed E-state index contributed by atoms with van der Waals surface area (Å²) < 4.78 is 0.822. The molecule has 158 valence electrons. The first-order valence-electron chi connectivity index (χ1n) is 8.28. The monoisotopic (exact) mass is 507 g/mol. The van der Waals surface area contributed by atoms with Crippen LogP contribution in [0.4, 0.5) is 28.7 Å². The van der Waals surface area contributed by atoms with Crippen LogP contribution in [0.5, 0.6) is 0 Å². The molecule has 1 heterocycles. The fourth-order valence-corrected chi connectivity index (χ4v) is 2.84. The van der Waals surface area contributed by atoms with E-state index in [4.69, 9.17) is 11.6 Å². The second kappa shape index (κ2) is 9.32. The van der Waals surface area contributed by atoms with E-state index in [0.717, 1.165) is 16.9 Å². The molecule has 0 aliphatic heterocycles. The molecule has 0 fully saturated rings. The Kier molecular flexibility index (Phi) is 6.57. The SMILES string of the molecule is O=C(NNc1ncnc(Nc2ccc(Br)cc2)c1[N+](=O)[O-])c1ccc(Cl)c([N+](=O)[O-])c1. The molecule has 0 aliphatic carbocycles. The standard InChI is InChI=1S/C17H11BrClN7O5/c18-10-2-4-11(5-3-10)22-15-14(26(30)31)16(21-8-20-15)23-24-17(27)9-1-6-12(19)13(7-9)25(28)29/h1-8H,(H,24,27)(H2,20,21,22,23). The van der Waals surface area contributed by atoms with Gasteiger partial charge in [-0.15, -0.1) is 0 Å². The summed E-state index contributed by atoms with van der Waals surface area (Å²) in [4.78, 5) is 41.1. The molecule has 3 rings (SSSR count). The Bertz CT molecular complexity index is 1180. The van der Waals surface area contributed by atoms with Gasteiger partial charge in [0, 0.05) is 21.8 Å². The minimum Gasteiger partial charge on any atom is -0.334 e. The number of amides is 1. The molecule has 31 heavy (non-hydrogen) atoms. The van der Waals surface area contributed by atoms with Crippen LogP contribution in [-0.4, -0.2) is 25.7 Å². The van der Waals surface area contributed by atoms with Crippen LogP contribution in [-0.2, 0) is 0 Å². The van der Waals surface area contributed by atoms with Crippen LogP contribution < -0.4 is 16.2 Å². The highest BCUT2D eigenvalue weighted by molar-refractivity contribution is 9.10. The van der Waals surface area contributed by atoms with Crippen LogP contribution in [0.25, 0.3) is 0 Å². The van der Waals surface area contributed by atoms with Crippen molar-refractivity contribution in [3.8, 4) is 0 Å². The van der Waals surface area contributed by atoms with Crippen molar-refractivity contribution in [1.82, 2.24) is 15.4 Å². The lowest BCUT2D eigenvalue weighted by Crippen LogP contribution is -2.30. The van der Waals surface area contributed by atoms with Gasteiger partial charge < -0.3 is 5.32 Å². The van der Waals surface area contributed by atoms with E-state index in [1.54, 1.807) is 24.3 Å². The molecule has 0 saturated carbocycles. The molecular formula is C17H11BrClN7O5. The van der Waals surface area contributed by atoms with Crippen LogP contribution in [0.3, 0.4) is 0 Å². The van der Waals surface area contributed by atoms with E-state index in [9.17, 15) is 25.0 Å². The van der Waals surface area contributed by atoms with Crippen LogP contribution in [0.2, 0.25) is 5.02 Å². The van der Waals surface area contributed by atoms with Gasteiger partial charge in [-0.2, -0.15) is 0 Å². The maximum absolute atomic E-state index is 12.3. The molecule has 3 N–H and O–H groups in total. The number of benzene rings is 2. The third-order valence-corrected chi connectivity index (χ3v) is 4.66. The van der Waals surface area contributed by atoms with Crippen molar-refractivity contribution in [2.45, 2.75) is 0 Å². The molecule has 14 heteroatoms. The summed E-state index contributed by atoms with van der Waals surface area (Å²) in [7, 11) is 0. The first-order chi connectivity index (χ1) is 14.8. The van der Waals surface area contributed by atoms with E-state index < -0.39 is 27.1 Å². The Morgan fingerprint density at radius 2 is 1.68 bits per heavy atom. The zero-order valence-electron chi connectivity index (χ0n) is 15.2. The fourth-order valence-electron chi connectivity index (χ4n) is 2.39. The second-order valence-electron chi connectivity index (χ2n) is 5.81. The van der Waals surface area contributed by atoms with Gasteiger partial charge in [-0.3, -0.25) is 35.9 Å². The molecular weight excluding hydrogens is 498 g/mol. The molecule has 1 aromatic heterocycles. The molecule has 0 saturated heterocycles. The first kappa shape index (κ1) is 21.9. The van der Waals surface area contributed by atoms with E-state index in [0.29, 0.717) is 5.69 Å². The molecule has 1 amide bonds. The van der Waals surface area contributed by atoms with Crippen LogP contribution in [0, 0.1) is 20.2 Å². The third-order valence-electron chi connectivity index (χ3n) is 3.81. The zero-order chi connectivity index (χ0) is 22.5. The number of anilines is 3. The lowest BCUT2D eigenvalue weighted by Gasteiger charge is -2.11. The average molecular weight is 509 g/mol. The van der Waals surface area contributed by atoms with Gasteiger partial charge in [-0.05, 0) is 36.4 Å². The Balaban J connectivity index is 1.82. The van der Waals surface area contributed by atoms with Crippen molar-refractivity contribution in [1.29, 1.82) is 0 Å². The number of nitrogens with one attached hydrogen (secondary N) is 3. The summed E-state index contributed by atoms with van der Waals surface area (Å²) in [5.74, 6) is -1.20. The van der Waals surface area contributed by atoms with Crippen LogP contribution >= 0.6 is 27.5 Å². The first-order valence-corrected chi connectivity index (χ1v) is 9.45. The molecule has 0 atom stereocenters. The van der Waals surface area contributed by atoms with Gasteiger partial charge in [-0.25, -0.2) is 9.97 Å². The average Bonchev–Trinajstić information content (AvgIpc) is 2.73. The summed E-state index contributed by atoms with van der Waals surface area (Å²) in [6, 6.07) is 10.3. The zero-order valence-corrected chi connectivity index (χ0v) is 17.5. The van der Waals surface area contributed by atoms with Gasteiger partial charge in [0.1, 0.15) is 11.3 Å². The van der Waals surface area contributed by atoms with E-state index in [1.165, 1.54) is 12.1 Å². The predicted molar refractivity (Wildman–Crippen MR) is 115 cm³/mol. The molecule has 0 unspecified atom stereocenters.